The monoisotopic (exact) mass is 156 g/mol. The summed E-state index contributed by atoms with van der Waals surface area (Å²) >= 11 is 0. The molecule has 0 bridgehead atoms. The Bertz CT molecular complexity index is 252. The average molecular weight is 156 g/mol. The number of aromatic nitrogens is 1. The number of ether oxygens (including phenoxy) is 1. The lowest BCUT2D eigenvalue weighted by molar-refractivity contribution is 0.384. The largest absolute Gasteiger partial charge is 0.492 e. The SMILES string of the molecule is CNc1cc(F)c(OC)cn1. The molecule has 60 valence electrons. The van der Waals surface area contributed by atoms with Crippen LogP contribution in [0.4, 0.5) is 10.2 Å². The van der Waals surface area contributed by atoms with Gasteiger partial charge in [0.05, 0.1) is 13.3 Å². The number of hydrogen-bond donors (Lipinski definition) is 1. The molecule has 0 atom stereocenters. The van der Waals surface area contributed by atoms with Gasteiger partial charge in [0.25, 0.3) is 0 Å². The Morgan fingerprint density at radius 2 is 2.36 bits per heavy atom. The van der Waals surface area contributed by atoms with Crippen LogP contribution in [0.15, 0.2) is 12.3 Å². The summed E-state index contributed by atoms with van der Waals surface area (Å²) in [6, 6.07) is 1.28. The fraction of sp³-hybridized carbons (Fsp3) is 0.286. The summed E-state index contributed by atoms with van der Waals surface area (Å²) < 4.78 is 17.5. The molecule has 0 radical (unpaired) electrons. The molecule has 11 heavy (non-hydrogen) atoms. The number of nitrogens with zero attached hydrogens (tertiary/aromatic N) is 1. The third-order valence-electron chi connectivity index (χ3n) is 1.30. The molecular formula is C7H9FN2O. The summed E-state index contributed by atoms with van der Waals surface area (Å²) in [7, 11) is 3.08. The minimum Gasteiger partial charge on any atom is -0.492 e. The quantitative estimate of drug-likeness (QED) is 0.700. The standard InChI is InChI=1S/C7H9FN2O/c1-9-7-3-5(8)6(11-2)4-10-7/h3-4H,1-2H3,(H,9,10). The molecule has 0 aromatic carbocycles. The normalized spacial score (nSPS) is 9.36. The number of pyridine rings is 1. The van der Waals surface area contributed by atoms with Gasteiger partial charge in [-0.1, -0.05) is 0 Å². The summed E-state index contributed by atoms with van der Waals surface area (Å²) in [5.74, 6) is 0.235. The number of rotatable bonds is 2. The zero-order valence-electron chi connectivity index (χ0n) is 6.39. The Labute approximate surface area is 64.2 Å². The zero-order chi connectivity index (χ0) is 8.27. The first-order chi connectivity index (χ1) is 5.27. The van der Waals surface area contributed by atoms with Gasteiger partial charge in [-0.15, -0.1) is 0 Å². The molecule has 1 aromatic rings. The highest BCUT2D eigenvalue weighted by Crippen LogP contribution is 2.16. The highest BCUT2D eigenvalue weighted by molar-refractivity contribution is 5.37. The zero-order valence-corrected chi connectivity index (χ0v) is 6.39. The van der Waals surface area contributed by atoms with Crippen LogP contribution in [0.5, 0.6) is 5.75 Å². The number of methoxy groups -OCH3 is 1. The molecule has 0 amide bonds. The van der Waals surface area contributed by atoms with E-state index in [9.17, 15) is 4.39 Å². The molecule has 0 fully saturated rings. The van der Waals surface area contributed by atoms with Crippen LogP contribution in [0, 0.1) is 5.82 Å². The van der Waals surface area contributed by atoms with Crippen molar-refractivity contribution in [2.75, 3.05) is 19.5 Å². The van der Waals surface area contributed by atoms with E-state index in [-0.39, 0.29) is 5.75 Å². The van der Waals surface area contributed by atoms with Crippen LogP contribution < -0.4 is 10.1 Å². The van der Waals surface area contributed by atoms with Gasteiger partial charge in [0.1, 0.15) is 5.82 Å². The van der Waals surface area contributed by atoms with Crippen LogP contribution in [0.25, 0.3) is 0 Å². The average Bonchev–Trinajstić information content (AvgIpc) is 2.04. The topological polar surface area (TPSA) is 34.1 Å². The van der Waals surface area contributed by atoms with Gasteiger partial charge in [-0.2, -0.15) is 0 Å². The van der Waals surface area contributed by atoms with Crippen LogP contribution in [-0.4, -0.2) is 19.1 Å². The van der Waals surface area contributed by atoms with Gasteiger partial charge in [-0.25, -0.2) is 9.37 Å². The van der Waals surface area contributed by atoms with E-state index in [0.29, 0.717) is 5.82 Å². The number of hydrogen-bond acceptors (Lipinski definition) is 3. The van der Waals surface area contributed by atoms with Crippen LogP contribution in [-0.2, 0) is 0 Å². The Balaban J connectivity index is 2.99. The van der Waals surface area contributed by atoms with Crippen molar-refractivity contribution in [1.82, 2.24) is 4.98 Å². The van der Waals surface area contributed by atoms with Crippen molar-refractivity contribution in [3.05, 3.63) is 18.1 Å². The third-order valence-corrected chi connectivity index (χ3v) is 1.30. The Morgan fingerprint density at radius 3 is 2.82 bits per heavy atom. The Morgan fingerprint density at radius 1 is 1.64 bits per heavy atom. The molecule has 0 saturated heterocycles. The predicted molar refractivity (Wildman–Crippen MR) is 40.3 cm³/mol. The van der Waals surface area contributed by atoms with E-state index in [2.05, 4.69) is 15.0 Å². The molecular weight excluding hydrogens is 147 g/mol. The van der Waals surface area contributed by atoms with Crippen LogP contribution in [0.3, 0.4) is 0 Å². The van der Waals surface area contributed by atoms with Crippen molar-refractivity contribution in [3.63, 3.8) is 0 Å². The molecule has 0 unspecified atom stereocenters. The fourth-order valence-corrected chi connectivity index (χ4v) is 0.705. The van der Waals surface area contributed by atoms with Crippen molar-refractivity contribution < 1.29 is 9.13 Å². The Hall–Kier alpha value is -1.32. The molecule has 1 aromatic heterocycles. The molecule has 4 heteroatoms. The number of nitrogens with one attached hydrogen (secondary N) is 1. The highest BCUT2D eigenvalue weighted by Gasteiger charge is 2.02. The lowest BCUT2D eigenvalue weighted by Gasteiger charge is -2.02. The lowest BCUT2D eigenvalue weighted by atomic mass is 10.4. The maximum Gasteiger partial charge on any atom is 0.172 e. The van der Waals surface area contributed by atoms with Gasteiger partial charge in [0, 0.05) is 13.1 Å². The first kappa shape index (κ1) is 7.78. The molecule has 0 aliphatic carbocycles. The summed E-state index contributed by atoms with van der Waals surface area (Å²) in [5.41, 5.74) is 0. The van der Waals surface area contributed by atoms with E-state index < -0.39 is 5.82 Å². The van der Waals surface area contributed by atoms with E-state index in [1.165, 1.54) is 19.4 Å². The van der Waals surface area contributed by atoms with Crippen LogP contribution in [0.1, 0.15) is 0 Å². The first-order valence-electron chi connectivity index (χ1n) is 3.15. The van der Waals surface area contributed by atoms with E-state index in [1.54, 1.807) is 7.05 Å². The molecule has 0 aliphatic heterocycles. The smallest absolute Gasteiger partial charge is 0.172 e. The van der Waals surface area contributed by atoms with Crippen molar-refractivity contribution >= 4 is 5.82 Å². The van der Waals surface area contributed by atoms with E-state index >= 15 is 0 Å². The summed E-state index contributed by atoms with van der Waals surface area (Å²) in [6.07, 6.45) is 1.33. The molecule has 1 heterocycles. The van der Waals surface area contributed by atoms with Crippen molar-refractivity contribution in [1.29, 1.82) is 0 Å². The molecule has 0 aliphatic rings. The molecule has 3 nitrogen and oxygen atoms in total. The second-order valence-electron chi connectivity index (χ2n) is 1.95. The van der Waals surface area contributed by atoms with Gasteiger partial charge in [0.15, 0.2) is 11.6 Å². The summed E-state index contributed by atoms with van der Waals surface area (Å²) in [6.45, 7) is 0. The highest BCUT2D eigenvalue weighted by atomic mass is 19.1. The summed E-state index contributed by atoms with van der Waals surface area (Å²) in [4.78, 5) is 3.85. The van der Waals surface area contributed by atoms with Crippen molar-refractivity contribution in [3.8, 4) is 5.75 Å². The predicted octanol–water partition coefficient (Wildman–Crippen LogP) is 1.27. The lowest BCUT2D eigenvalue weighted by Crippen LogP contribution is -1.95. The second-order valence-corrected chi connectivity index (χ2v) is 1.95. The fourth-order valence-electron chi connectivity index (χ4n) is 0.705. The maximum atomic E-state index is 12.8. The first-order valence-corrected chi connectivity index (χ1v) is 3.15. The van der Waals surface area contributed by atoms with Gasteiger partial charge in [-0.3, -0.25) is 0 Å². The number of anilines is 1. The second kappa shape index (κ2) is 3.18. The Kier molecular flexibility index (Phi) is 2.25. The minimum atomic E-state index is -0.410. The molecule has 0 spiro atoms. The maximum absolute atomic E-state index is 12.8. The van der Waals surface area contributed by atoms with Crippen molar-refractivity contribution in [2.24, 2.45) is 0 Å². The molecule has 0 saturated carbocycles. The van der Waals surface area contributed by atoms with Crippen LogP contribution >= 0.6 is 0 Å². The third kappa shape index (κ3) is 1.58. The van der Waals surface area contributed by atoms with E-state index in [0.717, 1.165) is 0 Å². The van der Waals surface area contributed by atoms with Gasteiger partial charge in [0.2, 0.25) is 0 Å². The van der Waals surface area contributed by atoms with E-state index in [1.807, 2.05) is 0 Å². The van der Waals surface area contributed by atoms with Gasteiger partial charge in [-0.05, 0) is 0 Å². The summed E-state index contributed by atoms with van der Waals surface area (Å²) in [5, 5.41) is 2.71. The van der Waals surface area contributed by atoms with Gasteiger partial charge < -0.3 is 10.1 Å². The van der Waals surface area contributed by atoms with Crippen molar-refractivity contribution in [2.45, 2.75) is 0 Å². The molecule has 1 N–H and O–H groups in total. The minimum absolute atomic E-state index is 0.156. The molecule has 1 rings (SSSR count). The van der Waals surface area contributed by atoms with E-state index in [4.69, 9.17) is 0 Å². The number of halogens is 1. The van der Waals surface area contributed by atoms with Gasteiger partial charge >= 0.3 is 0 Å². The van der Waals surface area contributed by atoms with Crippen LogP contribution in [0.2, 0.25) is 0 Å².